The molecule has 108 valence electrons. The number of nitrogens with zero attached hydrogens (tertiary/aromatic N) is 2. The lowest BCUT2D eigenvalue weighted by Gasteiger charge is -2.11. The third kappa shape index (κ3) is 5.77. The lowest BCUT2D eigenvalue weighted by molar-refractivity contribution is 0.372. The topological polar surface area (TPSA) is 62.5 Å². The van der Waals surface area contributed by atoms with Gasteiger partial charge in [0.2, 0.25) is 0 Å². The van der Waals surface area contributed by atoms with Crippen LogP contribution in [0.15, 0.2) is 15.6 Å². The molecule has 19 heavy (non-hydrogen) atoms. The third-order valence-electron chi connectivity index (χ3n) is 2.84. The Morgan fingerprint density at radius 2 is 2.05 bits per heavy atom. The van der Waals surface area contributed by atoms with Crippen molar-refractivity contribution < 1.29 is 4.52 Å². The molecule has 0 amide bonds. The maximum absolute atomic E-state index is 5.27. The van der Waals surface area contributed by atoms with E-state index in [4.69, 9.17) is 4.52 Å². The van der Waals surface area contributed by atoms with Crippen LogP contribution in [0.4, 0.5) is 0 Å². The smallest absolute Gasteiger partial charge is 0.191 e. The molecule has 2 N–H and O–H groups in total. The van der Waals surface area contributed by atoms with Crippen molar-refractivity contribution in [2.75, 3.05) is 13.6 Å². The van der Waals surface area contributed by atoms with Crippen molar-refractivity contribution in [3.05, 3.63) is 17.5 Å². The van der Waals surface area contributed by atoms with Crippen molar-refractivity contribution in [1.29, 1.82) is 0 Å². The zero-order valence-corrected chi connectivity index (χ0v) is 12.7. The summed E-state index contributed by atoms with van der Waals surface area (Å²) in [5.41, 5.74) is 0.986. The summed E-state index contributed by atoms with van der Waals surface area (Å²) in [6.45, 7) is 10.1. The second kappa shape index (κ2) is 7.81. The summed E-state index contributed by atoms with van der Waals surface area (Å²) in [7, 11) is 1.77. The van der Waals surface area contributed by atoms with Gasteiger partial charge in [0.1, 0.15) is 0 Å². The Morgan fingerprint density at radius 1 is 1.32 bits per heavy atom. The predicted molar refractivity (Wildman–Crippen MR) is 78.2 cm³/mol. The van der Waals surface area contributed by atoms with Gasteiger partial charge in [-0.15, -0.1) is 0 Å². The SMILES string of the molecule is CN=C(NCCC(C)C)NCc1cc(C(C)C)no1. The standard InChI is InChI=1S/C14H26N4O/c1-10(2)6-7-16-14(15-5)17-9-12-8-13(11(3)4)18-19-12/h8,10-11H,6-7,9H2,1-5H3,(H2,15,16,17). The van der Waals surface area contributed by atoms with Crippen molar-refractivity contribution >= 4 is 5.96 Å². The molecule has 0 unspecified atom stereocenters. The summed E-state index contributed by atoms with van der Waals surface area (Å²) >= 11 is 0. The summed E-state index contributed by atoms with van der Waals surface area (Å²) in [6.07, 6.45) is 1.13. The van der Waals surface area contributed by atoms with Crippen molar-refractivity contribution in [3.63, 3.8) is 0 Å². The first-order valence-corrected chi connectivity index (χ1v) is 6.93. The van der Waals surface area contributed by atoms with E-state index in [1.807, 2.05) is 6.07 Å². The Labute approximate surface area is 115 Å². The van der Waals surface area contributed by atoms with Gasteiger partial charge < -0.3 is 15.2 Å². The molecule has 0 fully saturated rings. The van der Waals surface area contributed by atoms with E-state index in [1.165, 1.54) is 0 Å². The average Bonchev–Trinajstić information content (AvgIpc) is 2.82. The van der Waals surface area contributed by atoms with Crippen LogP contribution >= 0.6 is 0 Å². The first-order chi connectivity index (χ1) is 9.02. The van der Waals surface area contributed by atoms with Gasteiger partial charge in [-0.3, -0.25) is 4.99 Å². The highest BCUT2D eigenvalue weighted by Crippen LogP contribution is 2.13. The van der Waals surface area contributed by atoms with Gasteiger partial charge in [-0.1, -0.05) is 32.9 Å². The minimum atomic E-state index is 0.390. The number of aliphatic imine (C=N–C) groups is 1. The molecule has 0 aliphatic rings. The highest BCUT2D eigenvalue weighted by atomic mass is 16.5. The van der Waals surface area contributed by atoms with Gasteiger partial charge >= 0.3 is 0 Å². The molecule has 0 aromatic carbocycles. The van der Waals surface area contributed by atoms with Gasteiger partial charge in [0.25, 0.3) is 0 Å². The van der Waals surface area contributed by atoms with E-state index in [0.717, 1.165) is 30.4 Å². The summed E-state index contributed by atoms with van der Waals surface area (Å²) in [6, 6.07) is 1.99. The van der Waals surface area contributed by atoms with Crippen LogP contribution in [0.2, 0.25) is 0 Å². The summed E-state index contributed by atoms with van der Waals surface area (Å²) in [4.78, 5) is 4.17. The third-order valence-corrected chi connectivity index (χ3v) is 2.84. The van der Waals surface area contributed by atoms with Gasteiger partial charge in [0, 0.05) is 19.7 Å². The number of guanidine groups is 1. The van der Waals surface area contributed by atoms with Crippen LogP contribution in [0.25, 0.3) is 0 Å². The molecule has 0 bridgehead atoms. The monoisotopic (exact) mass is 266 g/mol. The number of hydrogen-bond donors (Lipinski definition) is 2. The molecule has 5 nitrogen and oxygen atoms in total. The predicted octanol–water partition coefficient (Wildman–Crippen LogP) is 2.51. The quantitative estimate of drug-likeness (QED) is 0.613. The number of hydrogen-bond acceptors (Lipinski definition) is 3. The molecule has 1 rings (SSSR count). The molecule has 0 aliphatic heterocycles. The molecular weight excluding hydrogens is 240 g/mol. The molecule has 1 aromatic heterocycles. The van der Waals surface area contributed by atoms with Gasteiger partial charge in [0.05, 0.1) is 12.2 Å². The summed E-state index contributed by atoms with van der Waals surface area (Å²) in [5, 5.41) is 10.5. The Bertz CT molecular complexity index is 396. The van der Waals surface area contributed by atoms with E-state index < -0.39 is 0 Å². The van der Waals surface area contributed by atoms with Gasteiger partial charge in [-0.2, -0.15) is 0 Å². The van der Waals surface area contributed by atoms with E-state index in [2.05, 4.69) is 48.5 Å². The second-order valence-electron chi connectivity index (χ2n) is 5.41. The molecule has 5 heteroatoms. The minimum Gasteiger partial charge on any atom is -0.359 e. The molecule has 0 saturated carbocycles. The van der Waals surface area contributed by atoms with Gasteiger partial charge in [-0.05, 0) is 18.3 Å². The van der Waals surface area contributed by atoms with E-state index >= 15 is 0 Å². The average molecular weight is 266 g/mol. The molecule has 0 atom stereocenters. The summed E-state index contributed by atoms with van der Waals surface area (Å²) in [5.74, 6) is 2.70. The van der Waals surface area contributed by atoms with Crippen LogP contribution in [0.3, 0.4) is 0 Å². The Hall–Kier alpha value is -1.52. The fraction of sp³-hybridized carbons (Fsp3) is 0.714. The molecule has 0 saturated heterocycles. The fourth-order valence-corrected chi connectivity index (χ4v) is 1.56. The maximum atomic E-state index is 5.27. The zero-order chi connectivity index (χ0) is 14.3. The zero-order valence-electron chi connectivity index (χ0n) is 12.7. The van der Waals surface area contributed by atoms with Crippen LogP contribution in [0.5, 0.6) is 0 Å². The Kier molecular flexibility index (Phi) is 6.39. The molecular formula is C14H26N4O. The normalized spacial score (nSPS) is 12.3. The molecule has 0 spiro atoms. The van der Waals surface area contributed by atoms with E-state index in [1.54, 1.807) is 7.05 Å². The van der Waals surface area contributed by atoms with Crippen LogP contribution < -0.4 is 10.6 Å². The molecule has 0 radical (unpaired) electrons. The van der Waals surface area contributed by atoms with Gasteiger partial charge in [0.15, 0.2) is 11.7 Å². The minimum absolute atomic E-state index is 0.390. The van der Waals surface area contributed by atoms with E-state index in [-0.39, 0.29) is 0 Å². The van der Waals surface area contributed by atoms with Gasteiger partial charge in [-0.25, -0.2) is 0 Å². The van der Waals surface area contributed by atoms with Crippen LogP contribution in [0.1, 0.15) is 51.5 Å². The molecule has 1 aromatic rings. The molecule has 1 heterocycles. The van der Waals surface area contributed by atoms with Crippen molar-refractivity contribution in [2.24, 2.45) is 10.9 Å². The lowest BCUT2D eigenvalue weighted by atomic mass is 10.1. The number of nitrogens with one attached hydrogen (secondary N) is 2. The first kappa shape index (κ1) is 15.5. The van der Waals surface area contributed by atoms with E-state index in [0.29, 0.717) is 18.4 Å². The highest BCUT2D eigenvalue weighted by molar-refractivity contribution is 5.79. The van der Waals surface area contributed by atoms with Crippen LogP contribution in [-0.2, 0) is 6.54 Å². The van der Waals surface area contributed by atoms with Crippen molar-refractivity contribution in [1.82, 2.24) is 15.8 Å². The maximum Gasteiger partial charge on any atom is 0.191 e. The largest absolute Gasteiger partial charge is 0.359 e. The Morgan fingerprint density at radius 3 is 2.58 bits per heavy atom. The number of aromatic nitrogens is 1. The van der Waals surface area contributed by atoms with Crippen molar-refractivity contribution in [3.8, 4) is 0 Å². The Balaban J connectivity index is 2.36. The van der Waals surface area contributed by atoms with Crippen LogP contribution in [0, 0.1) is 5.92 Å². The fourth-order valence-electron chi connectivity index (χ4n) is 1.56. The number of rotatable bonds is 6. The second-order valence-corrected chi connectivity index (χ2v) is 5.41. The van der Waals surface area contributed by atoms with E-state index in [9.17, 15) is 0 Å². The lowest BCUT2D eigenvalue weighted by Crippen LogP contribution is -2.37. The van der Waals surface area contributed by atoms with Crippen molar-refractivity contribution in [2.45, 2.75) is 46.6 Å². The summed E-state index contributed by atoms with van der Waals surface area (Å²) < 4.78 is 5.27. The highest BCUT2D eigenvalue weighted by Gasteiger charge is 2.08. The first-order valence-electron chi connectivity index (χ1n) is 6.93. The molecule has 0 aliphatic carbocycles. The van der Waals surface area contributed by atoms with Crippen LogP contribution in [-0.4, -0.2) is 24.7 Å².